The molecule has 1 aromatic rings. The molecular formula is C13H19N3O3. The van der Waals surface area contributed by atoms with Crippen LogP contribution in [0.5, 0.6) is 0 Å². The number of hydrogen-bond donors (Lipinski definition) is 1. The fourth-order valence-electron chi connectivity index (χ4n) is 2.31. The van der Waals surface area contributed by atoms with E-state index in [2.05, 4.69) is 10.6 Å². The van der Waals surface area contributed by atoms with Crippen LogP contribution in [0.1, 0.15) is 47.3 Å². The zero-order valence-corrected chi connectivity index (χ0v) is 11.5. The van der Waals surface area contributed by atoms with Gasteiger partial charge in [0.05, 0.1) is 11.8 Å². The number of amides is 1. The lowest BCUT2D eigenvalue weighted by molar-refractivity contribution is -0.0126. The average molecular weight is 265 g/mol. The van der Waals surface area contributed by atoms with E-state index in [4.69, 9.17) is 4.84 Å². The summed E-state index contributed by atoms with van der Waals surface area (Å²) in [5.41, 5.74) is 3.35. The van der Waals surface area contributed by atoms with Crippen molar-refractivity contribution in [1.29, 1.82) is 0 Å². The lowest BCUT2D eigenvalue weighted by Gasteiger charge is -2.13. The molecule has 1 N–H and O–H groups in total. The maximum absolute atomic E-state index is 12.1. The first-order chi connectivity index (χ1) is 9.00. The summed E-state index contributed by atoms with van der Waals surface area (Å²) < 4.78 is 1.17. The van der Waals surface area contributed by atoms with E-state index in [1.807, 2.05) is 0 Å². The van der Waals surface area contributed by atoms with E-state index in [1.54, 1.807) is 13.8 Å². The summed E-state index contributed by atoms with van der Waals surface area (Å²) in [5, 5.41) is 4.04. The predicted octanol–water partition coefficient (Wildman–Crippen LogP) is 1.00. The third-order valence-electron chi connectivity index (χ3n) is 3.57. The van der Waals surface area contributed by atoms with Crippen LogP contribution in [0.15, 0.2) is 4.79 Å². The highest BCUT2D eigenvalue weighted by Gasteiger charge is 2.21. The number of aryl methyl sites for hydroxylation is 2. The van der Waals surface area contributed by atoms with Crippen molar-refractivity contribution in [3.05, 3.63) is 27.2 Å². The Kier molecular flexibility index (Phi) is 3.99. The van der Waals surface area contributed by atoms with Crippen molar-refractivity contribution in [3.8, 4) is 0 Å². The number of carbonyl (C=O) groups excluding carboxylic acids is 1. The summed E-state index contributed by atoms with van der Waals surface area (Å²) in [5.74, 6) is -0.490. The molecule has 19 heavy (non-hydrogen) atoms. The van der Waals surface area contributed by atoms with E-state index in [-0.39, 0.29) is 11.7 Å². The van der Waals surface area contributed by atoms with Crippen LogP contribution in [0, 0.1) is 13.8 Å². The summed E-state index contributed by atoms with van der Waals surface area (Å²) in [7, 11) is 1.53. The smallest absolute Gasteiger partial charge is 0.270 e. The van der Waals surface area contributed by atoms with E-state index in [0.29, 0.717) is 11.3 Å². The molecule has 0 atom stereocenters. The molecule has 1 aliphatic rings. The molecule has 0 bridgehead atoms. The van der Waals surface area contributed by atoms with Crippen LogP contribution in [-0.4, -0.2) is 21.8 Å². The Morgan fingerprint density at radius 2 is 2.00 bits per heavy atom. The van der Waals surface area contributed by atoms with Gasteiger partial charge in [-0.2, -0.15) is 5.10 Å². The largest absolute Gasteiger partial charge is 0.280 e. The molecule has 1 saturated carbocycles. The van der Waals surface area contributed by atoms with Gasteiger partial charge in [0.15, 0.2) is 0 Å². The normalized spacial score (nSPS) is 15.7. The summed E-state index contributed by atoms with van der Waals surface area (Å²) in [6.45, 7) is 3.48. The Balaban J connectivity index is 2.16. The van der Waals surface area contributed by atoms with Crippen LogP contribution in [0.3, 0.4) is 0 Å². The van der Waals surface area contributed by atoms with E-state index in [0.717, 1.165) is 25.7 Å². The van der Waals surface area contributed by atoms with Crippen LogP contribution in [0.4, 0.5) is 0 Å². The molecule has 0 unspecified atom stereocenters. The molecule has 0 aromatic carbocycles. The SMILES string of the molecule is Cc1nn(C)c(=O)c(C(=O)NOC2CCCC2)c1C. The average Bonchev–Trinajstić information content (AvgIpc) is 2.87. The highest BCUT2D eigenvalue weighted by atomic mass is 16.7. The van der Waals surface area contributed by atoms with Gasteiger partial charge >= 0.3 is 0 Å². The molecule has 0 saturated heterocycles. The summed E-state index contributed by atoms with van der Waals surface area (Å²) in [4.78, 5) is 29.4. The number of rotatable bonds is 3. The lowest BCUT2D eigenvalue weighted by Crippen LogP contribution is -2.36. The molecule has 0 spiro atoms. The molecule has 104 valence electrons. The maximum atomic E-state index is 12.1. The zero-order valence-electron chi connectivity index (χ0n) is 11.5. The predicted molar refractivity (Wildman–Crippen MR) is 69.8 cm³/mol. The highest BCUT2D eigenvalue weighted by molar-refractivity contribution is 5.94. The van der Waals surface area contributed by atoms with Gasteiger partial charge in [-0.15, -0.1) is 0 Å². The van der Waals surface area contributed by atoms with Gasteiger partial charge in [0.25, 0.3) is 11.5 Å². The Morgan fingerprint density at radius 1 is 1.37 bits per heavy atom. The van der Waals surface area contributed by atoms with Crippen LogP contribution in [0.25, 0.3) is 0 Å². The molecule has 1 heterocycles. The minimum atomic E-state index is -0.490. The first-order valence-electron chi connectivity index (χ1n) is 6.51. The van der Waals surface area contributed by atoms with Gasteiger partial charge in [-0.05, 0) is 32.3 Å². The highest BCUT2D eigenvalue weighted by Crippen LogP contribution is 2.20. The monoisotopic (exact) mass is 265 g/mol. The van der Waals surface area contributed by atoms with Crippen LogP contribution >= 0.6 is 0 Å². The maximum Gasteiger partial charge on any atom is 0.280 e. The fraction of sp³-hybridized carbons (Fsp3) is 0.615. The molecule has 0 radical (unpaired) electrons. The molecular weight excluding hydrogens is 246 g/mol. The Labute approximate surface area is 111 Å². The minimum absolute atomic E-state index is 0.0658. The Hall–Kier alpha value is -1.69. The van der Waals surface area contributed by atoms with Gasteiger partial charge in [0.1, 0.15) is 5.56 Å². The number of nitrogens with one attached hydrogen (secondary N) is 1. The molecule has 1 fully saturated rings. The van der Waals surface area contributed by atoms with Gasteiger partial charge in [-0.1, -0.05) is 12.8 Å². The van der Waals surface area contributed by atoms with Crippen molar-refractivity contribution < 1.29 is 9.63 Å². The summed E-state index contributed by atoms with van der Waals surface area (Å²) in [6, 6.07) is 0. The molecule has 1 amide bonds. The second-order valence-electron chi connectivity index (χ2n) is 4.97. The van der Waals surface area contributed by atoms with Crippen molar-refractivity contribution in [2.24, 2.45) is 7.05 Å². The van der Waals surface area contributed by atoms with Gasteiger partial charge in [0.2, 0.25) is 0 Å². The standard InChI is InChI=1S/C13H19N3O3/c1-8-9(2)14-16(3)13(18)11(8)12(17)15-19-10-6-4-5-7-10/h10H,4-7H2,1-3H3,(H,15,17). The Morgan fingerprint density at radius 3 is 2.63 bits per heavy atom. The van der Waals surface area contributed by atoms with Crippen LogP contribution < -0.4 is 11.0 Å². The van der Waals surface area contributed by atoms with Gasteiger partial charge in [-0.3, -0.25) is 14.4 Å². The lowest BCUT2D eigenvalue weighted by atomic mass is 10.1. The van der Waals surface area contributed by atoms with Gasteiger partial charge in [-0.25, -0.2) is 10.2 Å². The van der Waals surface area contributed by atoms with E-state index in [1.165, 1.54) is 11.7 Å². The number of carbonyl (C=O) groups is 1. The zero-order chi connectivity index (χ0) is 14.0. The number of aromatic nitrogens is 2. The van der Waals surface area contributed by atoms with Crippen molar-refractivity contribution in [3.63, 3.8) is 0 Å². The van der Waals surface area contributed by atoms with Crippen molar-refractivity contribution in [1.82, 2.24) is 15.3 Å². The number of nitrogens with zero attached hydrogens (tertiary/aromatic N) is 2. The fourth-order valence-corrected chi connectivity index (χ4v) is 2.31. The Bertz CT molecular complexity index is 545. The van der Waals surface area contributed by atoms with Crippen molar-refractivity contribution >= 4 is 5.91 Å². The quantitative estimate of drug-likeness (QED) is 0.827. The molecule has 1 aliphatic carbocycles. The van der Waals surface area contributed by atoms with Crippen LogP contribution in [-0.2, 0) is 11.9 Å². The first-order valence-corrected chi connectivity index (χ1v) is 6.51. The minimum Gasteiger partial charge on any atom is -0.270 e. The number of hydroxylamine groups is 1. The second kappa shape index (κ2) is 5.52. The molecule has 1 aromatic heterocycles. The molecule has 6 nitrogen and oxygen atoms in total. The van der Waals surface area contributed by atoms with Gasteiger partial charge < -0.3 is 0 Å². The molecule has 6 heteroatoms. The number of hydrogen-bond acceptors (Lipinski definition) is 4. The van der Waals surface area contributed by atoms with Crippen LogP contribution in [0.2, 0.25) is 0 Å². The topological polar surface area (TPSA) is 73.2 Å². The third-order valence-corrected chi connectivity index (χ3v) is 3.57. The molecule has 2 rings (SSSR count). The van der Waals surface area contributed by atoms with E-state index >= 15 is 0 Å². The van der Waals surface area contributed by atoms with E-state index in [9.17, 15) is 9.59 Å². The van der Waals surface area contributed by atoms with E-state index < -0.39 is 11.5 Å². The first kappa shape index (κ1) is 13.7. The second-order valence-corrected chi connectivity index (χ2v) is 4.97. The van der Waals surface area contributed by atoms with Crippen molar-refractivity contribution in [2.75, 3.05) is 0 Å². The van der Waals surface area contributed by atoms with Gasteiger partial charge in [0, 0.05) is 7.05 Å². The molecule has 0 aliphatic heterocycles. The third kappa shape index (κ3) is 2.84. The summed E-state index contributed by atoms with van der Waals surface area (Å²) in [6.07, 6.45) is 4.21. The summed E-state index contributed by atoms with van der Waals surface area (Å²) >= 11 is 0. The van der Waals surface area contributed by atoms with Crippen molar-refractivity contribution in [2.45, 2.75) is 45.6 Å².